The van der Waals surface area contributed by atoms with E-state index < -0.39 is 0 Å². The van der Waals surface area contributed by atoms with Crippen LogP contribution in [-0.4, -0.2) is 23.2 Å². The van der Waals surface area contributed by atoms with E-state index in [1.54, 1.807) is 0 Å². The second kappa shape index (κ2) is 10.4. The Labute approximate surface area is 201 Å². The Kier molecular flexibility index (Phi) is 7.09. The van der Waals surface area contributed by atoms with Gasteiger partial charge in [0.05, 0.1) is 22.6 Å². The Bertz CT molecular complexity index is 1280. The van der Waals surface area contributed by atoms with Crippen LogP contribution in [0.15, 0.2) is 72.4 Å². The molecular weight excluding hydrogens is 420 g/mol. The number of benzene rings is 2. The van der Waals surface area contributed by atoms with Crippen LogP contribution in [0.4, 0.5) is 0 Å². The Morgan fingerprint density at radius 3 is 2.68 bits per heavy atom. The number of aryl methyl sites for hydroxylation is 1. The molecule has 0 radical (unpaired) electrons. The molecule has 2 aliphatic carbocycles. The van der Waals surface area contributed by atoms with Gasteiger partial charge in [0.1, 0.15) is 0 Å². The van der Waals surface area contributed by atoms with Crippen molar-refractivity contribution in [1.29, 1.82) is 5.41 Å². The van der Waals surface area contributed by atoms with Crippen molar-refractivity contribution in [3.63, 3.8) is 0 Å². The summed E-state index contributed by atoms with van der Waals surface area (Å²) in [7, 11) is 1.92. The minimum absolute atomic E-state index is 0.287. The summed E-state index contributed by atoms with van der Waals surface area (Å²) in [5.41, 5.74) is 20.3. The first-order chi connectivity index (χ1) is 16.6. The number of nitrogens with two attached hydrogens (primary N) is 2. The van der Waals surface area contributed by atoms with Crippen LogP contribution in [0.25, 0.3) is 22.3 Å². The van der Waals surface area contributed by atoms with Gasteiger partial charge in [-0.1, -0.05) is 49.8 Å². The molecule has 1 atom stereocenters. The van der Waals surface area contributed by atoms with E-state index in [1.807, 2.05) is 7.05 Å². The summed E-state index contributed by atoms with van der Waals surface area (Å²) in [4.78, 5) is 9.92. The summed E-state index contributed by atoms with van der Waals surface area (Å²) in [5.74, 6) is 2.26. The summed E-state index contributed by atoms with van der Waals surface area (Å²) in [6, 6.07) is 15.2. The van der Waals surface area contributed by atoms with Crippen molar-refractivity contribution in [2.24, 2.45) is 17.4 Å². The molecule has 1 unspecified atom stereocenters. The molecule has 6 N–H and O–H groups in total. The maximum absolute atomic E-state index is 6.41. The highest BCUT2D eigenvalue weighted by atomic mass is 14.9. The Morgan fingerprint density at radius 2 is 2.03 bits per heavy atom. The van der Waals surface area contributed by atoms with E-state index in [4.69, 9.17) is 26.8 Å². The quantitative estimate of drug-likeness (QED) is 0.291. The number of aromatic nitrogens is 2. The van der Waals surface area contributed by atoms with Gasteiger partial charge in [-0.15, -0.1) is 5.73 Å². The van der Waals surface area contributed by atoms with Crippen molar-refractivity contribution in [3.8, 4) is 11.4 Å². The summed E-state index contributed by atoms with van der Waals surface area (Å²) in [6.07, 6.45) is 8.03. The predicted octanol–water partition coefficient (Wildman–Crippen LogP) is 4.76. The van der Waals surface area contributed by atoms with Gasteiger partial charge in [0, 0.05) is 36.3 Å². The number of nitrogens with one attached hydrogen (secondary N) is 2. The third-order valence-corrected chi connectivity index (χ3v) is 6.48. The average Bonchev–Trinajstić information content (AvgIpc) is 3.71. The molecule has 34 heavy (non-hydrogen) atoms. The Morgan fingerprint density at radius 1 is 1.24 bits per heavy atom. The predicted molar refractivity (Wildman–Crippen MR) is 139 cm³/mol. The van der Waals surface area contributed by atoms with Crippen LogP contribution in [-0.2, 0) is 6.42 Å². The maximum Gasteiger partial charge on any atom is 0.160 e. The molecule has 0 saturated heterocycles. The summed E-state index contributed by atoms with van der Waals surface area (Å²) in [5, 5.41) is 10.9. The lowest BCUT2D eigenvalue weighted by Crippen LogP contribution is -2.17. The first-order valence-electron chi connectivity index (χ1n) is 11.7. The zero-order valence-electron chi connectivity index (χ0n) is 19.6. The Balaban J connectivity index is 0.000000408. The fourth-order valence-electron chi connectivity index (χ4n) is 4.39. The lowest BCUT2D eigenvalue weighted by atomic mass is 9.77. The molecule has 1 fully saturated rings. The van der Waals surface area contributed by atoms with E-state index in [9.17, 15) is 0 Å². The van der Waals surface area contributed by atoms with E-state index in [0.717, 1.165) is 47.6 Å². The van der Waals surface area contributed by atoms with E-state index in [-0.39, 0.29) is 5.70 Å². The van der Waals surface area contributed by atoms with E-state index in [2.05, 4.69) is 60.1 Å². The zero-order valence-corrected chi connectivity index (χ0v) is 19.6. The number of hydrogen-bond acceptors (Lipinski definition) is 6. The van der Waals surface area contributed by atoms with Crippen molar-refractivity contribution in [1.82, 2.24) is 15.3 Å². The van der Waals surface area contributed by atoms with Crippen LogP contribution in [0.3, 0.4) is 0 Å². The van der Waals surface area contributed by atoms with Crippen molar-refractivity contribution in [2.45, 2.75) is 38.0 Å². The van der Waals surface area contributed by atoms with Gasteiger partial charge < -0.3 is 22.2 Å². The van der Waals surface area contributed by atoms with E-state index in [0.29, 0.717) is 5.92 Å². The monoisotopic (exact) mass is 452 g/mol. The van der Waals surface area contributed by atoms with Crippen molar-refractivity contribution in [2.75, 3.05) is 7.05 Å². The van der Waals surface area contributed by atoms with Gasteiger partial charge in [-0.2, -0.15) is 0 Å². The van der Waals surface area contributed by atoms with Gasteiger partial charge in [0.25, 0.3) is 0 Å². The Hall–Kier alpha value is -3.89. The molecule has 2 aromatic carbocycles. The van der Waals surface area contributed by atoms with Crippen LogP contribution in [0.1, 0.15) is 48.4 Å². The summed E-state index contributed by atoms with van der Waals surface area (Å²) in [6.45, 7) is 3.74. The van der Waals surface area contributed by atoms with Crippen LogP contribution in [0.2, 0.25) is 0 Å². The normalized spacial score (nSPS) is 16.0. The molecule has 6 nitrogen and oxygen atoms in total. The molecule has 1 aromatic heterocycles. The van der Waals surface area contributed by atoms with E-state index >= 15 is 0 Å². The molecule has 0 amide bonds. The highest BCUT2D eigenvalue weighted by Crippen LogP contribution is 2.50. The van der Waals surface area contributed by atoms with Gasteiger partial charge in [-0.05, 0) is 48.4 Å². The largest absolute Gasteiger partial charge is 0.403 e. The molecule has 2 aliphatic rings. The fraction of sp³-hybridized carbons (Fsp3) is 0.286. The summed E-state index contributed by atoms with van der Waals surface area (Å²) < 4.78 is 0. The molecule has 3 aromatic rings. The van der Waals surface area contributed by atoms with E-state index in [1.165, 1.54) is 47.7 Å². The third kappa shape index (κ3) is 5.03. The average molecular weight is 453 g/mol. The molecule has 0 bridgehead atoms. The standard InChI is InChI=1S/C25H25N3.C3H7N3/c1-3-19(26-2)13-12-16-6-4-7-18(14-16)25-27-22-9-5-8-20-21(15-17-10-11-17)24(28-25)23(20)22;4-1-3(6)2-5/h4-9,14,17,21,26H,1,10-13,15H2,2H3;1-2,4H,5-6H2/b;3-2+,4-1?. The smallest absolute Gasteiger partial charge is 0.160 e. The second-order valence-corrected chi connectivity index (χ2v) is 8.82. The van der Waals surface area contributed by atoms with Crippen molar-refractivity contribution < 1.29 is 0 Å². The SMILES string of the molecule is C=C=C(CCc1cccc(-c2nc3c4c(cccc4n2)C3CC2CC2)c1)NC.N=C/C(N)=C\N. The molecule has 0 aliphatic heterocycles. The number of allylic oxidation sites excluding steroid dienone is 2. The van der Waals surface area contributed by atoms with Gasteiger partial charge in [0.2, 0.25) is 0 Å². The van der Waals surface area contributed by atoms with Gasteiger partial charge in [-0.3, -0.25) is 0 Å². The first kappa shape index (κ1) is 23.3. The number of hydrogen-bond donors (Lipinski definition) is 4. The molecule has 6 heteroatoms. The van der Waals surface area contributed by atoms with Gasteiger partial charge in [0.15, 0.2) is 5.82 Å². The highest BCUT2D eigenvalue weighted by Gasteiger charge is 2.36. The molecule has 1 saturated carbocycles. The third-order valence-electron chi connectivity index (χ3n) is 6.48. The number of nitrogens with zero attached hydrogens (tertiary/aromatic N) is 2. The molecular formula is C28H32N6. The van der Waals surface area contributed by atoms with Crippen LogP contribution in [0, 0.1) is 11.3 Å². The lowest BCUT2D eigenvalue weighted by molar-refractivity contribution is 0.620. The van der Waals surface area contributed by atoms with Crippen molar-refractivity contribution >= 4 is 17.1 Å². The first-order valence-corrected chi connectivity index (χ1v) is 11.7. The van der Waals surface area contributed by atoms with Crippen LogP contribution in [0.5, 0.6) is 0 Å². The second-order valence-electron chi connectivity index (χ2n) is 8.82. The maximum atomic E-state index is 6.41. The van der Waals surface area contributed by atoms with Crippen LogP contribution < -0.4 is 16.8 Å². The number of rotatable bonds is 8. The molecule has 5 rings (SSSR count). The summed E-state index contributed by atoms with van der Waals surface area (Å²) >= 11 is 0. The zero-order chi connectivity index (χ0) is 24.1. The van der Waals surface area contributed by atoms with Gasteiger partial charge in [-0.25, -0.2) is 9.97 Å². The minimum atomic E-state index is 0.287. The molecule has 0 spiro atoms. The van der Waals surface area contributed by atoms with Gasteiger partial charge >= 0.3 is 0 Å². The minimum Gasteiger partial charge on any atom is -0.403 e. The van der Waals surface area contributed by atoms with Crippen LogP contribution >= 0.6 is 0 Å². The molecule has 174 valence electrons. The van der Waals surface area contributed by atoms with Crippen molar-refractivity contribution in [3.05, 3.63) is 89.2 Å². The highest BCUT2D eigenvalue weighted by molar-refractivity contribution is 5.93. The topological polar surface area (TPSA) is 114 Å². The molecule has 1 heterocycles. The lowest BCUT2D eigenvalue weighted by Gasteiger charge is -2.30. The fourth-order valence-corrected chi connectivity index (χ4v) is 4.39.